The molecule has 0 heterocycles. The molecule has 1 aliphatic carbocycles. The number of aryl methyl sites for hydroxylation is 2. The van der Waals surface area contributed by atoms with Crippen LogP contribution in [-0.4, -0.2) is 12.0 Å². The van der Waals surface area contributed by atoms with E-state index in [4.69, 9.17) is 4.74 Å². The fraction of sp³-hybridized carbons (Fsp3) is 0.320. The molecule has 28 heavy (non-hydrogen) atoms. The van der Waals surface area contributed by atoms with Gasteiger partial charge in [-0.3, -0.25) is 4.79 Å². The van der Waals surface area contributed by atoms with Crippen LogP contribution >= 0.6 is 0 Å². The van der Waals surface area contributed by atoms with Gasteiger partial charge in [0.15, 0.2) is 6.10 Å². The lowest BCUT2D eigenvalue weighted by Crippen LogP contribution is -2.39. The highest BCUT2D eigenvalue weighted by molar-refractivity contribution is 5.89. The van der Waals surface area contributed by atoms with E-state index in [1.165, 1.54) is 24.0 Å². The first kappa shape index (κ1) is 18.5. The number of hydrogen-bond donors (Lipinski definition) is 1. The summed E-state index contributed by atoms with van der Waals surface area (Å²) in [5, 5.41) is 5.29. The Kier molecular flexibility index (Phi) is 5.34. The number of fused-ring (bicyclic) bond motifs is 2. The van der Waals surface area contributed by atoms with Crippen LogP contribution in [0.3, 0.4) is 0 Å². The number of nitrogens with one attached hydrogen (secondary N) is 1. The molecular weight excluding hydrogens is 346 g/mol. The zero-order valence-corrected chi connectivity index (χ0v) is 16.6. The van der Waals surface area contributed by atoms with Gasteiger partial charge in [-0.1, -0.05) is 61.5 Å². The average Bonchev–Trinajstić information content (AvgIpc) is 3.19. The lowest BCUT2D eigenvalue weighted by Gasteiger charge is -2.22. The summed E-state index contributed by atoms with van der Waals surface area (Å²) in [4.78, 5) is 12.9. The van der Waals surface area contributed by atoms with Crippen molar-refractivity contribution in [2.75, 3.05) is 0 Å². The highest BCUT2D eigenvalue weighted by atomic mass is 16.5. The number of carbonyl (C=O) groups is 1. The van der Waals surface area contributed by atoms with Crippen molar-refractivity contribution < 1.29 is 9.53 Å². The number of ether oxygens (including phenoxy) is 1. The van der Waals surface area contributed by atoms with Crippen molar-refractivity contribution in [1.29, 1.82) is 0 Å². The SMILES string of the molecule is CC[C@@H](Oc1cccc2ccccc12)C(=O)N[C@@H](C)c1ccc2c(c1)CCC2. The molecule has 3 aromatic carbocycles. The monoisotopic (exact) mass is 373 g/mol. The molecule has 0 aromatic heterocycles. The van der Waals surface area contributed by atoms with Gasteiger partial charge >= 0.3 is 0 Å². The van der Waals surface area contributed by atoms with Gasteiger partial charge in [0.2, 0.25) is 0 Å². The van der Waals surface area contributed by atoms with E-state index in [1.807, 2.05) is 44.2 Å². The Hall–Kier alpha value is -2.81. The summed E-state index contributed by atoms with van der Waals surface area (Å²) >= 11 is 0. The molecule has 0 fully saturated rings. The molecule has 3 heteroatoms. The van der Waals surface area contributed by atoms with Crippen molar-refractivity contribution in [3.63, 3.8) is 0 Å². The Bertz CT molecular complexity index is 990. The van der Waals surface area contributed by atoms with Gasteiger partial charge in [-0.25, -0.2) is 0 Å². The van der Waals surface area contributed by atoms with Gasteiger partial charge in [0.1, 0.15) is 5.75 Å². The maximum Gasteiger partial charge on any atom is 0.261 e. The molecule has 0 saturated heterocycles. The largest absolute Gasteiger partial charge is 0.480 e. The molecule has 0 saturated carbocycles. The molecule has 0 radical (unpaired) electrons. The van der Waals surface area contributed by atoms with Crippen LogP contribution in [0, 0.1) is 0 Å². The highest BCUT2D eigenvalue weighted by Crippen LogP contribution is 2.28. The summed E-state index contributed by atoms with van der Waals surface area (Å²) in [7, 11) is 0. The Labute approximate surface area is 166 Å². The highest BCUT2D eigenvalue weighted by Gasteiger charge is 2.22. The van der Waals surface area contributed by atoms with Crippen LogP contribution < -0.4 is 10.1 Å². The molecule has 0 aliphatic heterocycles. The van der Waals surface area contributed by atoms with Crippen LogP contribution in [0.2, 0.25) is 0 Å². The van der Waals surface area contributed by atoms with E-state index in [-0.39, 0.29) is 11.9 Å². The smallest absolute Gasteiger partial charge is 0.261 e. The van der Waals surface area contributed by atoms with Gasteiger partial charge in [-0.05, 0) is 60.7 Å². The fourth-order valence-electron chi connectivity index (χ4n) is 4.02. The molecule has 1 amide bonds. The van der Waals surface area contributed by atoms with Crippen molar-refractivity contribution in [2.45, 2.75) is 51.7 Å². The van der Waals surface area contributed by atoms with E-state index in [0.29, 0.717) is 6.42 Å². The quantitative estimate of drug-likeness (QED) is 0.631. The second-order valence-electron chi connectivity index (χ2n) is 7.60. The first-order valence-corrected chi connectivity index (χ1v) is 10.2. The van der Waals surface area contributed by atoms with Crippen LogP contribution in [0.1, 0.15) is 49.4 Å². The lowest BCUT2D eigenvalue weighted by atomic mass is 10.0. The molecule has 0 spiro atoms. The van der Waals surface area contributed by atoms with Gasteiger partial charge in [0.25, 0.3) is 5.91 Å². The van der Waals surface area contributed by atoms with E-state index >= 15 is 0 Å². The van der Waals surface area contributed by atoms with Crippen molar-refractivity contribution in [1.82, 2.24) is 5.32 Å². The fourth-order valence-corrected chi connectivity index (χ4v) is 4.02. The zero-order valence-electron chi connectivity index (χ0n) is 16.6. The third kappa shape index (κ3) is 3.75. The molecule has 1 N–H and O–H groups in total. The number of benzene rings is 3. The van der Waals surface area contributed by atoms with Crippen molar-refractivity contribution >= 4 is 16.7 Å². The molecule has 3 nitrogen and oxygen atoms in total. The second-order valence-corrected chi connectivity index (χ2v) is 7.60. The van der Waals surface area contributed by atoms with Crippen molar-refractivity contribution in [2.24, 2.45) is 0 Å². The molecule has 144 valence electrons. The normalized spacial score (nSPS) is 15.1. The van der Waals surface area contributed by atoms with E-state index in [0.717, 1.165) is 28.5 Å². The summed E-state index contributed by atoms with van der Waals surface area (Å²) in [6.07, 6.45) is 3.66. The topological polar surface area (TPSA) is 38.3 Å². The number of amides is 1. The average molecular weight is 373 g/mol. The van der Waals surface area contributed by atoms with Gasteiger partial charge in [0, 0.05) is 5.39 Å². The lowest BCUT2D eigenvalue weighted by molar-refractivity contribution is -0.128. The van der Waals surface area contributed by atoms with Crippen LogP contribution in [0.5, 0.6) is 5.75 Å². The molecule has 3 aromatic rings. The summed E-state index contributed by atoms with van der Waals surface area (Å²) in [5.74, 6) is 0.689. The van der Waals surface area contributed by atoms with Crippen LogP contribution in [0.25, 0.3) is 10.8 Å². The Morgan fingerprint density at radius 3 is 2.68 bits per heavy atom. The molecular formula is C25H27NO2. The summed E-state index contributed by atoms with van der Waals surface area (Å²) < 4.78 is 6.14. The second kappa shape index (κ2) is 8.05. The van der Waals surface area contributed by atoms with Crippen LogP contribution in [0.15, 0.2) is 60.7 Å². The Morgan fingerprint density at radius 2 is 1.82 bits per heavy atom. The maximum atomic E-state index is 12.9. The predicted octanol–water partition coefficient (Wildman–Crippen LogP) is 5.36. The molecule has 0 bridgehead atoms. The first-order chi connectivity index (χ1) is 13.7. The minimum absolute atomic E-state index is 0.0384. The zero-order chi connectivity index (χ0) is 19.5. The van der Waals surface area contributed by atoms with Crippen molar-refractivity contribution in [3.05, 3.63) is 77.4 Å². The summed E-state index contributed by atoms with van der Waals surface area (Å²) in [5.41, 5.74) is 4.04. The third-order valence-electron chi connectivity index (χ3n) is 5.66. The minimum atomic E-state index is -0.511. The van der Waals surface area contributed by atoms with E-state index in [2.05, 4.69) is 35.6 Å². The van der Waals surface area contributed by atoms with Crippen LogP contribution in [0.4, 0.5) is 0 Å². The predicted molar refractivity (Wildman–Crippen MR) is 114 cm³/mol. The Balaban J connectivity index is 1.48. The standard InChI is InChI=1S/C25H27NO2/c1-3-23(28-24-13-7-10-19-8-4-5-12-22(19)24)25(27)26-17(2)20-15-14-18-9-6-11-21(18)16-20/h4-5,7-8,10,12-17,23H,3,6,9,11H2,1-2H3,(H,26,27)/t17-,23+/m0/s1. The van der Waals surface area contributed by atoms with Gasteiger partial charge in [-0.15, -0.1) is 0 Å². The van der Waals surface area contributed by atoms with Gasteiger partial charge < -0.3 is 10.1 Å². The number of rotatable bonds is 6. The molecule has 1 aliphatic rings. The van der Waals surface area contributed by atoms with E-state index in [1.54, 1.807) is 0 Å². The van der Waals surface area contributed by atoms with E-state index in [9.17, 15) is 4.79 Å². The molecule has 0 unspecified atom stereocenters. The third-order valence-corrected chi connectivity index (χ3v) is 5.66. The first-order valence-electron chi connectivity index (χ1n) is 10.2. The minimum Gasteiger partial charge on any atom is -0.480 e. The number of carbonyl (C=O) groups excluding carboxylic acids is 1. The Morgan fingerprint density at radius 1 is 1.04 bits per heavy atom. The molecule has 2 atom stereocenters. The van der Waals surface area contributed by atoms with Gasteiger partial charge in [0.05, 0.1) is 6.04 Å². The molecule has 4 rings (SSSR count). The van der Waals surface area contributed by atoms with Gasteiger partial charge in [-0.2, -0.15) is 0 Å². The van der Waals surface area contributed by atoms with Crippen molar-refractivity contribution in [3.8, 4) is 5.75 Å². The van der Waals surface area contributed by atoms with Crippen LogP contribution in [-0.2, 0) is 17.6 Å². The summed E-state index contributed by atoms with van der Waals surface area (Å²) in [6.45, 7) is 4.02. The number of hydrogen-bond acceptors (Lipinski definition) is 2. The maximum absolute atomic E-state index is 12.9. The summed E-state index contributed by atoms with van der Waals surface area (Å²) in [6, 6.07) is 20.6. The van der Waals surface area contributed by atoms with E-state index < -0.39 is 6.10 Å².